The standard InChI is InChI=1S/C22H27N5O/c1-27(2)15-9-14-23-20-16-21(24-18-12-7-8-13-19(18)28-3)26-22(25-20)17-10-5-4-6-11-17/h4-8,10-13,16H,9,14-15H2,1-3H3,(H2,23,24,25,26). The zero-order valence-electron chi connectivity index (χ0n) is 16.6. The number of rotatable bonds is 9. The van der Waals surface area contributed by atoms with E-state index >= 15 is 0 Å². The molecule has 6 nitrogen and oxygen atoms in total. The van der Waals surface area contributed by atoms with Crippen LogP contribution in [-0.2, 0) is 0 Å². The Kier molecular flexibility index (Phi) is 6.81. The van der Waals surface area contributed by atoms with E-state index in [-0.39, 0.29) is 0 Å². The van der Waals surface area contributed by atoms with Crippen LogP contribution in [0.3, 0.4) is 0 Å². The van der Waals surface area contributed by atoms with Crippen LogP contribution in [0, 0.1) is 0 Å². The normalized spacial score (nSPS) is 10.7. The van der Waals surface area contributed by atoms with Crippen LogP contribution in [0.2, 0.25) is 0 Å². The number of benzene rings is 2. The van der Waals surface area contributed by atoms with Crippen molar-refractivity contribution in [2.24, 2.45) is 0 Å². The number of ether oxygens (including phenoxy) is 1. The fourth-order valence-electron chi connectivity index (χ4n) is 2.82. The lowest BCUT2D eigenvalue weighted by Crippen LogP contribution is -2.16. The number of hydrogen-bond donors (Lipinski definition) is 2. The zero-order valence-corrected chi connectivity index (χ0v) is 16.6. The monoisotopic (exact) mass is 377 g/mol. The molecule has 0 saturated heterocycles. The average molecular weight is 377 g/mol. The summed E-state index contributed by atoms with van der Waals surface area (Å²) in [6.07, 6.45) is 1.03. The molecule has 0 spiro atoms. The smallest absolute Gasteiger partial charge is 0.163 e. The SMILES string of the molecule is COc1ccccc1Nc1cc(NCCCN(C)C)nc(-c2ccccc2)n1. The predicted octanol–water partition coefficient (Wildman–Crippen LogP) is 4.26. The molecule has 2 N–H and O–H groups in total. The first kappa shape index (κ1) is 19.6. The van der Waals surface area contributed by atoms with Crippen molar-refractivity contribution in [3.8, 4) is 17.1 Å². The molecule has 3 rings (SSSR count). The van der Waals surface area contributed by atoms with Gasteiger partial charge in [0.05, 0.1) is 12.8 Å². The van der Waals surface area contributed by atoms with E-state index < -0.39 is 0 Å². The zero-order chi connectivity index (χ0) is 19.8. The van der Waals surface area contributed by atoms with Gasteiger partial charge in [0.25, 0.3) is 0 Å². The molecular weight excluding hydrogens is 350 g/mol. The largest absolute Gasteiger partial charge is 0.495 e. The molecule has 1 aromatic heterocycles. The van der Waals surface area contributed by atoms with Gasteiger partial charge in [-0.15, -0.1) is 0 Å². The Hall–Kier alpha value is -3.12. The van der Waals surface area contributed by atoms with E-state index in [0.717, 1.165) is 42.3 Å². The highest BCUT2D eigenvalue weighted by molar-refractivity contribution is 5.68. The van der Waals surface area contributed by atoms with Crippen LogP contribution in [0.5, 0.6) is 5.75 Å². The third-order valence-corrected chi connectivity index (χ3v) is 4.22. The van der Waals surface area contributed by atoms with Crippen LogP contribution in [0.25, 0.3) is 11.4 Å². The summed E-state index contributed by atoms with van der Waals surface area (Å²) in [6.45, 7) is 1.87. The van der Waals surface area contributed by atoms with E-state index in [2.05, 4.69) is 29.6 Å². The predicted molar refractivity (Wildman–Crippen MR) is 115 cm³/mol. The molecular formula is C22H27N5O. The fraction of sp³-hybridized carbons (Fsp3) is 0.273. The molecule has 3 aromatic rings. The van der Waals surface area contributed by atoms with Crippen molar-refractivity contribution in [3.63, 3.8) is 0 Å². The molecule has 0 aliphatic rings. The minimum absolute atomic E-state index is 0.676. The van der Waals surface area contributed by atoms with Gasteiger partial charge in [0.15, 0.2) is 5.82 Å². The van der Waals surface area contributed by atoms with Crippen molar-refractivity contribution >= 4 is 17.3 Å². The quantitative estimate of drug-likeness (QED) is 0.543. The Morgan fingerprint density at radius 3 is 2.39 bits per heavy atom. The van der Waals surface area contributed by atoms with E-state index in [1.807, 2.05) is 60.7 Å². The Bertz CT molecular complexity index is 883. The topological polar surface area (TPSA) is 62.3 Å². The van der Waals surface area contributed by atoms with Crippen molar-refractivity contribution in [1.29, 1.82) is 0 Å². The van der Waals surface area contributed by atoms with Gasteiger partial charge in [-0.1, -0.05) is 42.5 Å². The highest BCUT2D eigenvalue weighted by atomic mass is 16.5. The molecule has 1 heterocycles. The Labute approximate surface area is 166 Å². The second kappa shape index (κ2) is 9.71. The number of nitrogens with zero attached hydrogens (tertiary/aromatic N) is 3. The van der Waals surface area contributed by atoms with Crippen LogP contribution < -0.4 is 15.4 Å². The third-order valence-electron chi connectivity index (χ3n) is 4.22. The summed E-state index contributed by atoms with van der Waals surface area (Å²) in [4.78, 5) is 11.6. The van der Waals surface area contributed by atoms with Gasteiger partial charge in [0.2, 0.25) is 0 Å². The van der Waals surface area contributed by atoms with Gasteiger partial charge in [-0.3, -0.25) is 0 Å². The summed E-state index contributed by atoms with van der Waals surface area (Å²) < 4.78 is 5.44. The second-order valence-electron chi connectivity index (χ2n) is 6.74. The highest BCUT2D eigenvalue weighted by Crippen LogP contribution is 2.28. The lowest BCUT2D eigenvalue weighted by atomic mass is 10.2. The van der Waals surface area contributed by atoms with Gasteiger partial charge < -0.3 is 20.3 Å². The molecule has 0 amide bonds. The van der Waals surface area contributed by atoms with Crippen molar-refractivity contribution in [3.05, 3.63) is 60.7 Å². The Morgan fingerprint density at radius 1 is 0.929 bits per heavy atom. The Balaban J connectivity index is 1.86. The van der Waals surface area contributed by atoms with E-state index in [9.17, 15) is 0 Å². The molecule has 0 radical (unpaired) electrons. The van der Waals surface area contributed by atoms with Gasteiger partial charge in [0.1, 0.15) is 17.4 Å². The molecule has 0 aliphatic heterocycles. The van der Waals surface area contributed by atoms with Gasteiger partial charge in [-0.2, -0.15) is 0 Å². The van der Waals surface area contributed by atoms with Crippen molar-refractivity contribution < 1.29 is 4.74 Å². The molecule has 0 aliphatic carbocycles. The molecule has 146 valence electrons. The van der Waals surface area contributed by atoms with Crippen molar-refractivity contribution in [2.75, 3.05) is 44.9 Å². The maximum Gasteiger partial charge on any atom is 0.163 e. The number of methoxy groups -OCH3 is 1. The first-order valence-corrected chi connectivity index (χ1v) is 9.39. The lowest BCUT2D eigenvalue weighted by molar-refractivity contribution is 0.405. The van der Waals surface area contributed by atoms with Gasteiger partial charge in [0, 0.05) is 18.2 Å². The first-order valence-electron chi connectivity index (χ1n) is 9.39. The highest BCUT2D eigenvalue weighted by Gasteiger charge is 2.09. The van der Waals surface area contributed by atoms with E-state index in [1.54, 1.807) is 7.11 Å². The Morgan fingerprint density at radius 2 is 1.64 bits per heavy atom. The maximum absolute atomic E-state index is 5.44. The fourth-order valence-corrected chi connectivity index (χ4v) is 2.82. The van der Waals surface area contributed by atoms with E-state index in [1.165, 1.54) is 0 Å². The average Bonchev–Trinajstić information content (AvgIpc) is 2.72. The number of para-hydroxylation sites is 2. The summed E-state index contributed by atoms with van der Waals surface area (Å²) in [5.74, 6) is 2.96. The van der Waals surface area contributed by atoms with Crippen LogP contribution >= 0.6 is 0 Å². The molecule has 0 unspecified atom stereocenters. The maximum atomic E-state index is 5.44. The summed E-state index contributed by atoms with van der Waals surface area (Å²) in [6, 6.07) is 19.7. The minimum atomic E-state index is 0.676. The van der Waals surface area contributed by atoms with Crippen molar-refractivity contribution in [2.45, 2.75) is 6.42 Å². The molecule has 0 fully saturated rings. The molecule has 0 atom stereocenters. The summed E-state index contributed by atoms with van der Waals surface area (Å²) >= 11 is 0. The van der Waals surface area contributed by atoms with E-state index in [4.69, 9.17) is 14.7 Å². The number of hydrogen-bond acceptors (Lipinski definition) is 6. The summed E-state index contributed by atoms with van der Waals surface area (Å²) in [5, 5.41) is 6.77. The van der Waals surface area contributed by atoms with E-state index in [0.29, 0.717) is 11.6 Å². The van der Waals surface area contributed by atoms with Crippen LogP contribution in [0.15, 0.2) is 60.7 Å². The molecule has 0 saturated carbocycles. The van der Waals surface area contributed by atoms with Gasteiger partial charge >= 0.3 is 0 Å². The molecule has 28 heavy (non-hydrogen) atoms. The molecule has 2 aromatic carbocycles. The summed E-state index contributed by atoms with van der Waals surface area (Å²) in [5.41, 5.74) is 1.84. The van der Waals surface area contributed by atoms with Crippen LogP contribution in [0.4, 0.5) is 17.3 Å². The van der Waals surface area contributed by atoms with Crippen molar-refractivity contribution in [1.82, 2.24) is 14.9 Å². The number of nitrogens with one attached hydrogen (secondary N) is 2. The molecule has 0 bridgehead atoms. The van der Waals surface area contributed by atoms with Gasteiger partial charge in [-0.05, 0) is 39.2 Å². The first-order chi connectivity index (χ1) is 13.7. The second-order valence-corrected chi connectivity index (χ2v) is 6.74. The van der Waals surface area contributed by atoms with Crippen LogP contribution in [0.1, 0.15) is 6.42 Å². The number of aromatic nitrogens is 2. The minimum Gasteiger partial charge on any atom is -0.495 e. The summed E-state index contributed by atoms with van der Waals surface area (Å²) in [7, 11) is 5.81. The third kappa shape index (κ3) is 5.44. The lowest BCUT2D eigenvalue weighted by Gasteiger charge is -2.14. The molecule has 6 heteroatoms. The van der Waals surface area contributed by atoms with Gasteiger partial charge in [-0.25, -0.2) is 9.97 Å². The number of anilines is 3. The van der Waals surface area contributed by atoms with Crippen LogP contribution in [-0.4, -0.2) is 49.2 Å².